The van der Waals surface area contributed by atoms with Crippen molar-refractivity contribution in [3.63, 3.8) is 0 Å². The van der Waals surface area contributed by atoms with E-state index in [0.29, 0.717) is 18.5 Å². The van der Waals surface area contributed by atoms with Crippen LogP contribution in [0.15, 0.2) is 24.3 Å². The smallest absolute Gasteiger partial charge is 0.275 e. The van der Waals surface area contributed by atoms with Crippen molar-refractivity contribution in [2.24, 2.45) is 0 Å². The highest BCUT2D eigenvalue weighted by atomic mass is 16.2. The average Bonchev–Trinajstić information content (AvgIpc) is 3.24. The highest BCUT2D eigenvalue weighted by molar-refractivity contribution is 5.77. The largest absolute Gasteiger partial charge is 0.348 e. The SMILES string of the molecule is O=C(C[NH+]1CCC[C@H](c2nc3ccccc3[nH]2)C1)NC1CCCC1. The van der Waals surface area contributed by atoms with E-state index in [9.17, 15) is 4.79 Å². The summed E-state index contributed by atoms with van der Waals surface area (Å²) in [4.78, 5) is 21.9. The van der Waals surface area contributed by atoms with Gasteiger partial charge in [0.1, 0.15) is 5.82 Å². The summed E-state index contributed by atoms with van der Waals surface area (Å²) in [6.07, 6.45) is 7.15. The number of nitrogens with one attached hydrogen (secondary N) is 3. The third-order valence-electron chi connectivity index (χ3n) is 5.54. The molecule has 4 rings (SSSR count). The number of hydrogen-bond donors (Lipinski definition) is 3. The fraction of sp³-hybridized carbons (Fsp3) is 0.579. The maximum Gasteiger partial charge on any atom is 0.275 e. The molecule has 5 heteroatoms. The van der Waals surface area contributed by atoms with Crippen LogP contribution >= 0.6 is 0 Å². The Labute approximate surface area is 142 Å². The monoisotopic (exact) mass is 327 g/mol. The number of quaternary nitrogens is 1. The van der Waals surface area contributed by atoms with E-state index in [1.165, 1.54) is 17.7 Å². The third-order valence-corrected chi connectivity index (χ3v) is 5.54. The van der Waals surface area contributed by atoms with Gasteiger partial charge in [0.25, 0.3) is 5.91 Å². The average molecular weight is 327 g/mol. The Bertz CT molecular complexity index is 671. The van der Waals surface area contributed by atoms with Gasteiger partial charge in [0.15, 0.2) is 6.54 Å². The van der Waals surface area contributed by atoms with Gasteiger partial charge in [0.05, 0.1) is 30.0 Å². The first-order valence-corrected chi connectivity index (χ1v) is 9.35. The Morgan fingerprint density at radius 2 is 2.04 bits per heavy atom. The number of carbonyl (C=O) groups is 1. The second-order valence-corrected chi connectivity index (χ2v) is 7.41. The summed E-state index contributed by atoms with van der Waals surface area (Å²) in [5.74, 6) is 1.74. The van der Waals surface area contributed by atoms with Crippen molar-refractivity contribution in [1.29, 1.82) is 0 Å². The van der Waals surface area contributed by atoms with E-state index in [4.69, 9.17) is 4.98 Å². The van der Waals surface area contributed by atoms with E-state index in [1.807, 2.05) is 12.1 Å². The molecule has 2 aromatic rings. The van der Waals surface area contributed by atoms with Gasteiger partial charge in [-0.1, -0.05) is 25.0 Å². The Kier molecular flexibility index (Phi) is 4.52. The summed E-state index contributed by atoms with van der Waals surface area (Å²) in [6.45, 7) is 2.69. The Balaban J connectivity index is 1.37. The van der Waals surface area contributed by atoms with Crippen LogP contribution < -0.4 is 10.2 Å². The molecule has 24 heavy (non-hydrogen) atoms. The molecule has 0 bridgehead atoms. The minimum absolute atomic E-state index is 0.224. The van der Waals surface area contributed by atoms with Crippen molar-refractivity contribution in [1.82, 2.24) is 15.3 Å². The Morgan fingerprint density at radius 1 is 1.21 bits per heavy atom. The van der Waals surface area contributed by atoms with Gasteiger partial charge in [0.2, 0.25) is 0 Å². The fourth-order valence-corrected chi connectivity index (χ4v) is 4.29. The molecule has 0 radical (unpaired) electrons. The number of piperidine rings is 1. The molecule has 1 aliphatic heterocycles. The number of hydrogen-bond acceptors (Lipinski definition) is 2. The van der Waals surface area contributed by atoms with Gasteiger partial charge in [-0.25, -0.2) is 4.98 Å². The maximum absolute atomic E-state index is 12.3. The van der Waals surface area contributed by atoms with E-state index in [0.717, 1.165) is 55.6 Å². The highest BCUT2D eigenvalue weighted by Crippen LogP contribution is 2.22. The zero-order valence-electron chi connectivity index (χ0n) is 14.2. The van der Waals surface area contributed by atoms with Crippen LogP contribution in [0.5, 0.6) is 0 Å². The minimum Gasteiger partial charge on any atom is -0.348 e. The van der Waals surface area contributed by atoms with E-state index in [1.54, 1.807) is 0 Å². The van der Waals surface area contributed by atoms with Crippen LogP contribution in [0, 0.1) is 0 Å². The quantitative estimate of drug-likeness (QED) is 0.794. The molecule has 2 atom stereocenters. The van der Waals surface area contributed by atoms with Gasteiger partial charge in [-0.2, -0.15) is 0 Å². The van der Waals surface area contributed by atoms with Crippen molar-refractivity contribution in [2.75, 3.05) is 19.6 Å². The van der Waals surface area contributed by atoms with Crippen LogP contribution in [0.3, 0.4) is 0 Å². The van der Waals surface area contributed by atoms with E-state index >= 15 is 0 Å². The first-order valence-electron chi connectivity index (χ1n) is 9.35. The topological polar surface area (TPSA) is 62.2 Å². The summed E-state index contributed by atoms with van der Waals surface area (Å²) in [5, 5.41) is 3.22. The van der Waals surface area contributed by atoms with Gasteiger partial charge in [-0.3, -0.25) is 4.79 Å². The van der Waals surface area contributed by atoms with Crippen molar-refractivity contribution in [3.8, 4) is 0 Å². The van der Waals surface area contributed by atoms with Gasteiger partial charge >= 0.3 is 0 Å². The van der Waals surface area contributed by atoms with Gasteiger partial charge in [-0.15, -0.1) is 0 Å². The normalized spacial score (nSPS) is 25.2. The fourth-order valence-electron chi connectivity index (χ4n) is 4.29. The van der Waals surface area contributed by atoms with Crippen LogP contribution in [0.2, 0.25) is 0 Å². The van der Waals surface area contributed by atoms with E-state index < -0.39 is 0 Å². The second-order valence-electron chi connectivity index (χ2n) is 7.41. The number of para-hydroxylation sites is 2. The molecule has 1 aromatic heterocycles. The number of imidazole rings is 1. The van der Waals surface area contributed by atoms with E-state index in [2.05, 4.69) is 22.4 Å². The number of likely N-dealkylation sites (tertiary alicyclic amines) is 1. The zero-order chi connectivity index (χ0) is 16.4. The lowest BCUT2D eigenvalue weighted by molar-refractivity contribution is -0.898. The third kappa shape index (κ3) is 3.46. The van der Waals surface area contributed by atoms with Crippen LogP contribution in [0.1, 0.15) is 50.3 Å². The van der Waals surface area contributed by atoms with Gasteiger partial charge < -0.3 is 15.2 Å². The number of benzene rings is 1. The molecule has 1 saturated carbocycles. The lowest BCUT2D eigenvalue weighted by atomic mass is 9.97. The highest BCUT2D eigenvalue weighted by Gasteiger charge is 2.28. The number of aromatic nitrogens is 2. The first-order chi connectivity index (χ1) is 11.8. The summed E-state index contributed by atoms with van der Waals surface area (Å²) in [6, 6.07) is 8.62. The first kappa shape index (κ1) is 15.6. The molecular weight excluding hydrogens is 300 g/mol. The maximum atomic E-state index is 12.3. The van der Waals surface area contributed by atoms with Crippen LogP contribution in [-0.2, 0) is 4.79 Å². The standard InChI is InChI=1S/C19H26N4O/c24-18(20-15-7-1-2-8-15)13-23-11-5-6-14(12-23)19-21-16-9-3-4-10-17(16)22-19/h3-4,9-10,14-15H,1-2,5-8,11-13H2,(H,20,24)(H,21,22)/p+1/t14-/m0/s1. The van der Waals surface area contributed by atoms with Crippen molar-refractivity contribution in [3.05, 3.63) is 30.1 Å². The van der Waals surface area contributed by atoms with Crippen LogP contribution in [-0.4, -0.2) is 41.6 Å². The van der Waals surface area contributed by atoms with Crippen molar-refractivity contribution in [2.45, 2.75) is 50.5 Å². The molecule has 2 aliphatic rings. The molecule has 0 spiro atoms. The lowest BCUT2D eigenvalue weighted by Crippen LogP contribution is -3.14. The van der Waals surface area contributed by atoms with Crippen LogP contribution in [0.25, 0.3) is 11.0 Å². The Morgan fingerprint density at radius 3 is 2.88 bits per heavy atom. The predicted molar refractivity (Wildman–Crippen MR) is 94.0 cm³/mol. The van der Waals surface area contributed by atoms with E-state index in [-0.39, 0.29) is 5.91 Å². The summed E-state index contributed by atoms with van der Waals surface area (Å²) in [7, 11) is 0. The summed E-state index contributed by atoms with van der Waals surface area (Å²) in [5.41, 5.74) is 2.15. The number of rotatable bonds is 4. The second kappa shape index (κ2) is 6.93. The molecule has 1 unspecified atom stereocenters. The number of carbonyl (C=O) groups excluding carboxylic acids is 1. The Hall–Kier alpha value is -1.88. The number of fused-ring (bicyclic) bond motifs is 1. The molecule has 5 nitrogen and oxygen atoms in total. The summed E-state index contributed by atoms with van der Waals surface area (Å²) < 4.78 is 0. The molecule has 128 valence electrons. The summed E-state index contributed by atoms with van der Waals surface area (Å²) >= 11 is 0. The molecule has 3 N–H and O–H groups in total. The molecular formula is C19H27N4O+. The predicted octanol–water partition coefficient (Wildman–Crippen LogP) is 1.38. The molecule has 1 aliphatic carbocycles. The molecule has 1 aromatic carbocycles. The number of nitrogens with zero attached hydrogens (tertiary/aromatic N) is 1. The van der Waals surface area contributed by atoms with Gasteiger partial charge in [-0.05, 0) is 37.8 Å². The van der Waals surface area contributed by atoms with Gasteiger partial charge in [0, 0.05) is 6.04 Å². The number of H-pyrrole nitrogens is 1. The lowest BCUT2D eigenvalue weighted by Gasteiger charge is -2.28. The van der Waals surface area contributed by atoms with Crippen molar-refractivity contribution < 1.29 is 9.69 Å². The minimum atomic E-state index is 0.224. The van der Waals surface area contributed by atoms with Crippen molar-refractivity contribution >= 4 is 16.9 Å². The van der Waals surface area contributed by atoms with Crippen LogP contribution in [0.4, 0.5) is 0 Å². The molecule has 2 heterocycles. The molecule has 1 saturated heterocycles. The zero-order valence-corrected chi connectivity index (χ0v) is 14.2. The number of amides is 1. The molecule has 2 fully saturated rings. The molecule has 1 amide bonds. The number of aromatic amines is 1.